The summed E-state index contributed by atoms with van der Waals surface area (Å²) in [4.78, 5) is 15.8. The van der Waals surface area contributed by atoms with Gasteiger partial charge in [0.2, 0.25) is 5.91 Å². The molecule has 2 aromatic rings. The second kappa shape index (κ2) is 9.56. The third-order valence-corrected chi connectivity index (χ3v) is 5.05. The number of carbonyl (C=O) groups is 1. The number of nitrogens with zero attached hydrogens (tertiary/aromatic N) is 2. The average molecular weight is 402 g/mol. The summed E-state index contributed by atoms with van der Waals surface area (Å²) in [5.41, 5.74) is 7.38. The molecule has 2 rings (SSSR count). The zero-order chi connectivity index (χ0) is 18.4. The molecule has 0 aliphatic rings. The van der Waals surface area contributed by atoms with Crippen LogP contribution in [0.3, 0.4) is 0 Å². The van der Waals surface area contributed by atoms with Gasteiger partial charge in [0.15, 0.2) is 5.03 Å². The molecular formula is C16H24ClN5O3S. The van der Waals surface area contributed by atoms with Gasteiger partial charge in [0.05, 0.1) is 0 Å². The fourth-order valence-electron chi connectivity index (χ4n) is 2.15. The summed E-state index contributed by atoms with van der Waals surface area (Å²) < 4.78 is 28.2. The van der Waals surface area contributed by atoms with E-state index in [2.05, 4.69) is 15.0 Å². The number of hydrogen-bond acceptors (Lipinski definition) is 5. The molecule has 0 bridgehead atoms. The van der Waals surface area contributed by atoms with Crippen molar-refractivity contribution < 1.29 is 13.2 Å². The van der Waals surface area contributed by atoms with Crippen LogP contribution in [0.2, 0.25) is 0 Å². The Balaban J connectivity index is 0.00000338. The fourth-order valence-corrected chi connectivity index (χ4v) is 3.22. The number of nitrogen functional groups attached to an aromatic ring is 1. The van der Waals surface area contributed by atoms with Gasteiger partial charge in [-0.1, -0.05) is 12.1 Å². The van der Waals surface area contributed by atoms with Gasteiger partial charge < -0.3 is 15.6 Å². The number of aryl methyl sites for hydroxylation is 2. The number of benzene rings is 1. The maximum atomic E-state index is 12.1. The Labute approximate surface area is 159 Å². The molecule has 4 N–H and O–H groups in total. The molecule has 0 saturated heterocycles. The summed E-state index contributed by atoms with van der Waals surface area (Å²) in [5.74, 6) is 0.385. The lowest BCUT2D eigenvalue weighted by atomic mass is 10.1. The SMILES string of the molecule is Cc1nc(S(=O)(=O)NCCC(=O)NCCc2ccc(N)cc2)cn1C.Cl. The van der Waals surface area contributed by atoms with Crippen molar-refractivity contribution in [1.82, 2.24) is 19.6 Å². The highest BCUT2D eigenvalue weighted by molar-refractivity contribution is 7.89. The monoisotopic (exact) mass is 401 g/mol. The summed E-state index contributed by atoms with van der Waals surface area (Å²) in [6.07, 6.45) is 2.18. The zero-order valence-corrected chi connectivity index (χ0v) is 16.4. The first-order valence-electron chi connectivity index (χ1n) is 7.88. The minimum atomic E-state index is -3.70. The number of sulfonamides is 1. The summed E-state index contributed by atoms with van der Waals surface area (Å²) in [6.45, 7) is 2.22. The maximum Gasteiger partial charge on any atom is 0.259 e. The van der Waals surface area contributed by atoms with E-state index in [1.807, 2.05) is 24.3 Å². The van der Waals surface area contributed by atoms with E-state index in [-0.39, 0.29) is 36.3 Å². The Morgan fingerprint density at radius 2 is 1.88 bits per heavy atom. The van der Waals surface area contributed by atoms with Crippen molar-refractivity contribution in [1.29, 1.82) is 0 Å². The molecule has 0 atom stereocenters. The number of nitrogens with one attached hydrogen (secondary N) is 2. The summed E-state index contributed by atoms with van der Waals surface area (Å²) in [6, 6.07) is 7.44. The molecule has 0 radical (unpaired) electrons. The molecular weight excluding hydrogens is 378 g/mol. The molecule has 1 amide bonds. The van der Waals surface area contributed by atoms with Gasteiger partial charge >= 0.3 is 0 Å². The van der Waals surface area contributed by atoms with E-state index >= 15 is 0 Å². The van der Waals surface area contributed by atoms with Crippen LogP contribution in [0.5, 0.6) is 0 Å². The zero-order valence-electron chi connectivity index (χ0n) is 14.7. The molecule has 1 heterocycles. The summed E-state index contributed by atoms with van der Waals surface area (Å²) in [5, 5.41) is 2.72. The van der Waals surface area contributed by atoms with E-state index in [1.54, 1.807) is 18.5 Å². The van der Waals surface area contributed by atoms with Crippen LogP contribution in [-0.2, 0) is 28.3 Å². The van der Waals surface area contributed by atoms with Crippen LogP contribution in [0.4, 0.5) is 5.69 Å². The number of rotatable bonds is 8. The van der Waals surface area contributed by atoms with Gasteiger partial charge in [0, 0.05) is 38.4 Å². The van der Waals surface area contributed by atoms with Crippen LogP contribution < -0.4 is 15.8 Å². The van der Waals surface area contributed by atoms with Gasteiger partial charge in [-0.2, -0.15) is 0 Å². The Kier molecular flexibility index (Phi) is 8.07. The van der Waals surface area contributed by atoms with E-state index in [1.165, 1.54) is 6.20 Å². The molecule has 0 aliphatic heterocycles. The molecule has 26 heavy (non-hydrogen) atoms. The molecule has 0 unspecified atom stereocenters. The summed E-state index contributed by atoms with van der Waals surface area (Å²) in [7, 11) is -1.98. The molecule has 0 saturated carbocycles. The highest BCUT2D eigenvalue weighted by Gasteiger charge is 2.18. The van der Waals surface area contributed by atoms with Crippen molar-refractivity contribution in [2.24, 2.45) is 7.05 Å². The van der Waals surface area contributed by atoms with Crippen LogP contribution in [-0.4, -0.2) is 37.0 Å². The highest BCUT2D eigenvalue weighted by atomic mass is 35.5. The minimum absolute atomic E-state index is 0. The van der Waals surface area contributed by atoms with Crippen LogP contribution in [0, 0.1) is 6.92 Å². The van der Waals surface area contributed by atoms with Crippen molar-refractivity contribution in [3.8, 4) is 0 Å². The van der Waals surface area contributed by atoms with Crippen LogP contribution in [0.1, 0.15) is 17.8 Å². The normalized spacial score (nSPS) is 11.0. The van der Waals surface area contributed by atoms with Crippen LogP contribution in [0.25, 0.3) is 0 Å². The Hall–Kier alpha value is -2.10. The van der Waals surface area contributed by atoms with E-state index in [9.17, 15) is 13.2 Å². The van der Waals surface area contributed by atoms with Gasteiger partial charge in [-0.3, -0.25) is 4.79 Å². The van der Waals surface area contributed by atoms with Crippen LogP contribution >= 0.6 is 12.4 Å². The Bertz CT molecular complexity index is 815. The number of aromatic nitrogens is 2. The lowest BCUT2D eigenvalue weighted by molar-refractivity contribution is -0.120. The predicted molar refractivity (Wildman–Crippen MR) is 103 cm³/mol. The third kappa shape index (κ3) is 6.32. The van der Waals surface area contributed by atoms with Gasteiger partial charge in [-0.25, -0.2) is 18.1 Å². The number of hydrogen-bond donors (Lipinski definition) is 3. The first-order valence-corrected chi connectivity index (χ1v) is 9.37. The predicted octanol–water partition coefficient (Wildman–Crippen LogP) is 0.760. The number of carbonyl (C=O) groups excluding carboxylic acids is 1. The second-order valence-corrected chi connectivity index (χ2v) is 7.44. The van der Waals surface area contributed by atoms with E-state index in [0.29, 0.717) is 24.5 Å². The van der Waals surface area contributed by atoms with Crippen molar-refractivity contribution >= 4 is 34.0 Å². The summed E-state index contributed by atoms with van der Waals surface area (Å²) >= 11 is 0. The first-order chi connectivity index (χ1) is 11.8. The standard InChI is InChI=1S/C16H23N5O3S.ClH/c1-12-20-16(11-21(12)2)25(23,24)19-10-8-15(22)18-9-7-13-3-5-14(17)6-4-13;/h3-6,11,19H,7-10,17H2,1-2H3,(H,18,22);1H. The van der Waals surface area contributed by atoms with Gasteiger partial charge in [0.25, 0.3) is 10.0 Å². The molecule has 0 fully saturated rings. The fraction of sp³-hybridized carbons (Fsp3) is 0.375. The van der Waals surface area contributed by atoms with E-state index in [4.69, 9.17) is 5.73 Å². The number of nitrogens with two attached hydrogens (primary N) is 1. The minimum Gasteiger partial charge on any atom is -0.399 e. The Morgan fingerprint density at radius 1 is 1.23 bits per heavy atom. The molecule has 144 valence electrons. The molecule has 0 aliphatic carbocycles. The maximum absolute atomic E-state index is 12.1. The van der Waals surface area contributed by atoms with Crippen molar-refractivity contribution in [3.63, 3.8) is 0 Å². The first kappa shape index (κ1) is 21.9. The third-order valence-electron chi connectivity index (χ3n) is 3.72. The van der Waals surface area contributed by atoms with Crippen molar-refractivity contribution in [2.45, 2.75) is 24.8 Å². The molecule has 1 aromatic carbocycles. The van der Waals surface area contributed by atoms with Gasteiger partial charge in [0.1, 0.15) is 5.82 Å². The van der Waals surface area contributed by atoms with Crippen LogP contribution in [0.15, 0.2) is 35.5 Å². The average Bonchev–Trinajstić information content (AvgIpc) is 2.89. The lowest BCUT2D eigenvalue weighted by Crippen LogP contribution is -2.31. The van der Waals surface area contributed by atoms with E-state index < -0.39 is 10.0 Å². The quantitative estimate of drug-likeness (QED) is 0.564. The number of imidazole rings is 1. The second-order valence-electron chi connectivity index (χ2n) is 5.73. The lowest BCUT2D eigenvalue weighted by Gasteiger charge is -2.07. The smallest absolute Gasteiger partial charge is 0.259 e. The highest BCUT2D eigenvalue weighted by Crippen LogP contribution is 2.07. The van der Waals surface area contributed by atoms with Gasteiger partial charge in [-0.05, 0) is 31.0 Å². The molecule has 0 spiro atoms. The number of anilines is 1. The largest absolute Gasteiger partial charge is 0.399 e. The molecule has 10 heteroatoms. The number of amides is 1. The van der Waals surface area contributed by atoms with E-state index in [0.717, 1.165) is 5.56 Å². The number of halogens is 1. The topological polar surface area (TPSA) is 119 Å². The van der Waals surface area contributed by atoms with Gasteiger partial charge in [-0.15, -0.1) is 12.4 Å². The van der Waals surface area contributed by atoms with Crippen molar-refractivity contribution in [3.05, 3.63) is 41.9 Å². The van der Waals surface area contributed by atoms with Crippen molar-refractivity contribution in [2.75, 3.05) is 18.8 Å². The molecule has 8 nitrogen and oxygen atoms in total. The molecule has 1 aromatic heterocycles. The Morgan fingerprint density at radius 3 is 2.46 bits per heavy atom.